The second kappa shape index (κ2) is 5.40. The predicted octanol–water partition coefficient (Wildman–Crippen LogP) is 3.64. The molecule has 0 aromatic rings. The van der Waals surface area contributed by atoms with Gasteiger partial charge in [-0.1, -0.05) is 27.7 Å². The lowest BCUT2D eigenvalue weighted by Gasteiger charge is -2.44. The van der Waals surface area contributed by atoms with Crippen molar-refractivity contribution < 1.29 is 9.53 Å². The summed E-state index contributed by atoms with van der Waals surface area (Å²) in [5, 5.41) is 0. The summed E-state index contributed by atoms with van der Waals surface area (Å²) in [5.41, 5.74) is 5.89. The average Bonchev–Trinajstić information content (AvgIpc) is 2.87. The monoisotopic (exact) mass is 310 g/mol. The van der Waals surface area contributed by atoms with Crippen LogP contribution in [0.2, 0.25) is 0 Å². The predicted molar refractivity (Wildman–Crippen MR) is 89.6 cm³/mol. The van der Waals surface area contributed by atoms with Crippen LogP contribution < -0.4 is 5.73 Å². The molecular formula is C18H34N2O2. The maximum absolute atomic E-state index is 12.7. The molecule has 22 heavy (non-hydrogen) atoms. The number of piperidine rings is 1. The van der Waals surface area contributed by atoms with E-state index in [0.717, 1.165) is 19.4 Å². The average molecular weight is 310 g/mol. The molecule has 3 atom stereocenters. The number of nitrogens with two attached hydrogens (primary N) is 1. The Balaban J connectivity index is 2.19. The molecule has 1 saturated carbocycles. The van der Waals surface area contributed by atoms with E-state index in [1.54, 1.807) is 0 Å². The van der Waals surface area contributed by atoms with E-state index in [9.17, 15) is 4.79 Å². The normalized spacial score (nSPS) is 33.5. The number of nitrogens with zero attached hydrogens (tertiary/aromatic N) is 1. The first-order valence-electron chi connectivity index (χ1n) is 8.59. The van der Waals surface area contributed by atoms with Crippen LogP contribution in [0.3, 0.4) is 0 Å². The van der Waals surface area contributed by atoms with Crippen LogP contribution in [-0.4, -0.2) is 35.7 Å². The summed E-state index contributed by atoms with van der Waals surface area (Å²) in [6, 6.07) is 0.270. The molecule has 0 aromatic heterocycles. The van der Waals surface area contributed by atoms with E-state index in [1.165, 1.54) is 0 Å². The molecule has 2 aliphatic rings. The van der Waals surface area contributed by atoms with E-state index >= 15 is 0 Å². The number of carbonyl (C=O) groups is 1. The van der Waals surface area contributed by atoms with Crippen LogP contribution in [0, 0.1) is 22.7 Å². The number of amides is 1. The Kier molecular flexibility index (Phi) is 4.31. The number of rotatable bonds is 2. The fourth-order valence-electron chi connectivity index (χ4n) is 4.25. The molecule has 2 N–H and O–H groups in total. The Morgan fingerprint density at radius 2 is 1.86 bits per heavy atom. The quantitative estimate of drug-likeness (QED) is 0.847. The van der Waals surface area contributed by atoms with Gasteiger partial charge in [-0.15, -0.1) is 0 Å². The summed E-state index contributed by atoms with van der Waals surface area (Å²) in [7, 11) is 0. The zero-order valence-corrected chi connectivity index (χ0v) is 15.4. The third-order valence-corrected chi connectivity index (χ3v) is 5.55. The van der Waals surface area contributed by atoms with Crippen LogP contribution in [0.15, 0.2) is 0 Å². The van der Waals surface area contributed by atoms with Crippen LogP contribution in [0.4, 0.5) is 4.79 Å². The highest BCUT2D eigenvalue weighted by atomic mass is 16.6. The standard InChI is InChI=1S/C18H34N2O2/c1-16(2,3)22-15(21)20-11-17(4,5)9-8-13(20)14-12(10-19)18(14,6)7/h12-14H,8-11,19H2,1-7H3. The van der Waals surface area contributed by atoms with Gasteiger partial charge in [0.05, 0.1) is 0 Å². The van der Waals surface area contributed by atoms with Gasteiger partial charge in [0.1, 0.15) is 5.60 Å². The number of hydrogen-bond acceptors (Lipinski definition) is 3. The number of likely N-dealkylation sites (tertiary alicyclic amines) is 1. The highest BCUT2D eigenvalue weighted by Gasteiger charge is 2.62. The minimum Gasteiger partial charge on any atom is -0.444 e. The molecular weight excluding hydrogens is 276 g/mol. The lowest BCUT2D eigenvalue weighted by Crippen LogP contribution is -2.52. The van der Waals surface area contributed by atoms with Gasteiger partial charge >= 0.3 is 6.09 Å². The summed E-state index contributed by atoms with van der Waals surface area (Å²) in [5.74, 6) is 1.02. The Hall–Kier alpha value is -0.770. The summed E-state index contributed by atoms with van der Waals surface area (Å²) in [6.45, 7) is 16.3. The molecule has 1 saturated heterocycles. The first-order chi connectivity index (χ1) is 9.89. The fourth-order valence-corrected chi connectivity index (χ4v) is 4.25. The van der Waals surface area contributed by atoms with Crippen LogP contribution in [0.25, 0.3) is 0 Å². The number of ether oxygens (including phenoxy) is 1. The van der Waals surface area contributed by atoms with Crippen molar-refractivity contribution in [3.8, 4) is 0 Å². The molecule has 0 bridgehead atoms. The largest absolute Gasteiger partial charge is 0.444 e. The molecule has 3 unspecified atom stereocenters. The van der Waals surface area contributed by atoms with Crippen molar-refractivity contribution in [2.45, 2.75) is 73.0 Å². The second-order valence-corrected chi connectivity index (χ2v) is 9.57. The first-order valence-corrected chi connectivity index (χ1v) is 8.59. The lowest BCUT2D eigenvalue weighted by molar-refractivity contribution is -0.0136. The molecule has 0 spiro atoms. The maximum Gasteiger partial charge on any atom is 0.410 e. The molecule has 4 heteroatoms. The minimum atomic E-state index is -0.449. The van der Waals surface area contributed by atoms with Gasteiger partial charge in [0.2, 0.25) is 0 Å². The van der Waals surface area contributed by atoms with E-state index in [2.05, 4.69) is 27.7 Å². The molecule has 1 aliphatic heterocycles. The zero-order chi connectivity index (χ0) is 16.9. The van der Waals surface area contributed by atoms with Crippen molar-refractivity contribution >= 4 is 6.09 Å². The maximum atomic E-state index is 12.7. The minimum absolute atomic E-state index is 0.157. The third-order valence-electron chi connectivity index (χ3n) is 5.55. The fraction of sp³-hybridized carbons (Fsp3) is 0.944. The molecule has 1 heterocycles. The van der Waals surface area contributed by atoms with Gasteiger partial charge in [-0.2, -0.15) is 0 Å². The summed E-state index contributed by atoms with van der Waals surface area (Å²) in [6.07, 6.45) is 2.04. The van der Waals surface area contributed by atoms with Crippen molar-refractivity contribution in [2.24, 2.45) is 28.4 Å². The number of carbonyl (C=O) groups excluding carboxylic acids is 1. The Bertz CT molecular complexity index is 437. The first kappa shape index (κ1) is 17.6. The van der Waals surface area contributed by atoms with Gasteiger partial charge in [-0.25, -0.2) is 4.79 Å². The van der Waals surface area contributed by atoms with Crippen LogP contribution in [-0.2, 0) is 4.74 Å². The zero-order valence-electron chi connectivity index (χ0n) is 15.4. The van der Waals surface area contributed by atoms with E-state index in [1.807, 2.05) is 25.7 Å². The van der Waals surface area contributed by atoms with Gasteiger partial charge < -0.3 is 15.4 Å². The van der Waals surface area contributed by atoms with Crippen molar-refractivity contribution in [2.75, 3.05) is 13.1 Å². The van der Waals surface area contributed by atoms with E-state index < -0.39 is 5.60 Å². The molecule has 1 amide bonds. The molecule has 128 valence electrons. The highest BCUT2D eigenvalue weighted by molar-refractivity contribution is 5.69. The topological polar surface area (TPSA) is 55.6 Å². The van der Waals surface area contributed by atoms with E-state index in [0.29, 0.717) is 18.4 Å². The van der Waals surface area contributed by atoms with Gasteiger partial charge in [-0.05, 0) is 62.8 Å². The Labute approximate surface area is 135 Å². The number of hydrogen-bond donors (Lipinski definition) is 1. The summed E-state index contributed by atoms with van der Waals surface area (Å²) < 4.78 is 5.67. The molecule has 4 nitrogen and oxygen atoms in total. The van der Waals surface area contributed by atoms with E-state index in [-0.39, 0.29) is 23.0 Å². The van der Waals surface area contributed by atoms with Crippen molar-refractivity contribution in [1.82, 2.24) is 4.90 Å². The van der Waals surface area contributed by atoms with Crippen molar-refractivity contribution in [3.05, 3.63) is 0 Å². The highest BCUT2D eigenvalue weighted by Crippen LogP contribution is 2.61. The van der Waals surface area contributed by atoms with E-state index in [4.69, 9.17) is 10.5 Å². The SMILES string of the molecule is CC1(C)CCC(C2C(CN)C2(C)C)N(C(=O)OC(C)(C)C)C1. The second-order valence-electron chi connectivity index (χ2n) is 9.57. The third kappa shape index (κ3) is 3.42. The summed E-state index contributed by atoms with van der Waals surface area (Å²) in [4.78, 5) is 14.7. The summed E-state index contributed by atoms with van der Waals surface area (Å²) >= 11 is 0. The molecule has 0 aromatic carbocycles. The van der Waals surface area contributed by atoms with Gasteiger partial charge in [-0.3, -0.25) is 0 Å². The van der Waals surface area contributed by atoms with Gasteiger partial charge in [0.15, 0.2) is 0 Å². The van der Waals surface area contributed by atoms with Crippen LogP contribution in [0.5, 0.6) is 0 Å². The molecule has 2 fully saturated rings. The van der Waals surface area contributed by atoms with Crippen molar-refractivity contribution in [3.63, 3.8) is 0 Å². The van der Waals surface area contributed by atoms with Gasteiger partial charge in [0.25, 0.3) is 0 Å². The van der Waals surface area contributed by atoms with Crippen molar-refractivity contribution in [1.29, 1.82) is 0 Å². The Morgan fingerprint density at radius 3 is 2.32 bits per heavy atom. The smallest absolute Gasteiger partial charge is 0.410 e. The van der Waals surface area contributed by atoms with Gasteiger partial charge in [0, 0.05) is 12.6 Å². The lowest BCUT2D eigenvalue weighted by atomic mass is 9.79. The molecule has 0 radical (unpaired) electrons. The molecule has 1 aliphatic carbocycles. The van der Waals surface area contributed by atoms with Crippen LogP contribution >= 0.6 is 0 Å². The van der Waals surface area contributed by atoms with Crippen LogP contribution in [0.1, 0.15) is 61.3 Å². The Morgan fingerprint density at radius 1 is 1.27 bits per heavy atom. The molecule has 2 rings (SSSR count).